The molecule has 0 unspecified atom stereocenters. The van der Waals surface area contributed by atoms with Gasteiger partial charge in [-0.2, -0.15) is 0 Å². The largest absolute Gasteiger partial charge is 0.456 e. The molecule has 2 heterocycles. The van der Waals surface area contributed by atoms with Gasteiger partial charge in [-0.3, -0.25) is 4.79 Å². The molecule has 1 aromatic carbocycles. The topological polar surface area (TPSA) is 63.0 Å². The van der Waals surface area contributed by atoms with Gasteiger partial charge in [0.1, 0.15) is 13.7 Å². The molecule has 1 N–H and O–H groups in total. The molecule has 0 saturated heterocycles. The fraction of sp³-hybridized carbons (Fsp3) is 0.167. The van der Waals surface area contributed by atoms with Crippen molar-refractivity contribution in [3.05, 3.63) is 65.6 Å². The van der Waals surface area contributed by atoms with Crippen molar-refractivity contribution in [3.63, 3.8) is 0 Å². The SMILES string of the molecule is CC(=O)c1ccc2[nH]c(COC(=O)c3cc[n+](C)cc3)cc2c1. The van der Waals surface area contributed by atoms with Crippen LogP contribution in [0.5, 0.6) is 0 Å². The van der Waals surface area contributed by atoms with Gasteiger partial charge in [-0.05, 0) is 31.2 Å². The van der Waals surface area contributed by atoms with E-state index in [2.05, 4.69) is 4.98 Å². The van der Waals surface area contributed by atoms with Crippen molar-refractivity contribution in [2.75, 3.05) is 0 Å². The monoisotopic (exact) mass is 309 g/mol. The molecule has 0 saturated carbocycles. The van der Waals surface area contributed by atoms with Gasteiger partial charge < -0.3 is 9.72 Å². The predicted octanol–water partition coefficient (Wildman–Crippen LogP) is 2.55. The summed E-state index contributed by atoms with van der Waals surface area (Å²) >= 11 is 0. The summed E-state index contributed by atoms with van der Waals surface area (Å²) in [5.41, 5.74) is 2.87. The van der Waals surface area contributed by atoms with Gasteiger partial charge in [0, 0.05) is 28.6 Å². The summed E-state index contributed by atoms with van der Waals surface area (Å²) in [5.74, 6) is -0.341. The second-order valence-electron chi connectivity index (χ2n) is 5.48. The molecule has 0 aliphatic carbocycles. The van der Waals surface area contributed by atoms with Gasteiger partial charge in [-0.15, -0.1) is 0 Å². The lowest BCUT2D eigenvalue weighted by atomic mass is 10.1. The third-order valence-corrected chi connectivity index (χ3v) is 3.66. The van der Waals surface area contributed by atoms with Crippen LogP contribution < -0.4 is 4.57 Å². The van der Waals surface area contributed by atoms with E-state index in [0.29, 0.717) is 11.1 Å². The number of nitrogens with one attached hydrogen (secondary N) is 1. The summed E-state index contributed by atoms with van der Waals surface area (Å²) in [7, 11) is 1.88. The van der Waals surface area contributed by atoms with Crippen LogP contribution in [0.2, 0.25) is 0 Å². The van der Waals surface area contributed by atoms with Gasteiger partial charge in [-0.1, -0.05) is 0 Å². The zero-order chi connectivity index (χ0) is 16.4. The van der Waals surface area contributed by atoms with E-state index >= 15 is 0 Å². The van der Waals surface area contributed by atoms with Crippen LogP contribution in [0.1, 0.15) is 33.3 Å². The minimum Gasteiger partial charge on any atom is -0.456 e. The number of fused-ring (bicyclic) bond motifs is 1. The molecule has 0 aliphatic rings. The van der Waals surface area contributed by atoms with Gasteiger partial charge in [0.05, 0.1) is 11.3 Å². The van der Waals surface area contributed by atoms with E-state index in [1.54, 1.807) is 30.6 Å². The number of esters is 1. The first-order chi connectivity index (χ1) is 11.0. The van der Waals surface area contributed by atoms with Crippen LogP contribution in [0.3, 0.4) is 0 Å². The van der Waals surface area contributed by atoms with Gasteiger partial charge in [0.2, 0.25) is 0 Å². The number of carbonyl (C=O) groups is 2. The Hall–Kier alpha value is -2.95. The van der Waals surface area contributed by atoms with E-state index in [0.717, 1.165) is 16.6 Å². The lowest BCUT2D eigenvalue weighted by Gasteiger charge is -2.02. The first-order valence-electron chi connectivity index (χ1n) is 7.28. The number of ketones is 1. The number of hydrogen-bond donors (Lipinski definition) is 1. The number of hydrogen-bond acceptors (Lipinski definition) is 3. The molecule has 2 aromatic heterocycles. The summed E-state index contributed by atoms with van der Waals surface area (Å²) in [4.78, 5) is 26.6. The average Bonchev–Trinajstić information content (AvgIpc) is 2.95. The normalized spacial score (nSPS) is 10.7. The van der Waals surface area contributed by atoms with Crippen molar-refractivity contribution in [2.45, 2.75) is 13.5 Å². The summed E-state index contributed by atoms with van der Waals surface area (Å²) in [6.45, 7) is 1.69. The van der Waals surface area contributed by atoms with Gasteiger partial charge in [-0.25, -0.2) is 9.36 Å². The number of carbonyl (C=O) groups excluding carboxylic acids is 2. The van der Waals surface area contributed by atoms with Crippen molar-refractivity contribution in [1.29, 1.82) is 0 Å². The summed E-state index contributed by atoms with van der Waals surface area (Å²) in [6.07, 6.45) is 3.59. The van der Waals surface area contributed by atoms with E-state index < -0.39 is 0 Å². The van der Waals surface area contributed by atoms with Crippen molar-refractivity contribution in [2.24, 2.45) is 7.05 Å². The third-order valence-electron chi connectivity index (χ3n) is 3.66. The van der Waals surface area contributed by atoms with E-state index in [9.17, 15) is 9.59 Å². The lowest BCUT2D eigenvalue weighted by molar-refractivity contribution is -0.671. The molecular formula is C18H17N2O3+. The molecular weight excluding hydrogens is 292 g/mol. The molecule has 23 heavy (non-hydrogen) atoms. The number of H-pyrrole nitrogens is 1. The highest BCUT2D eigenvalue weighted by Crippen LogP contribution is 2.18. The number of aromatic nitrogens is 2. The molecule has 0 fully saturated rings. The average molecular weight is 309 g/mol. The predicted molar refractivity (Wildman–Crippen MR) is 85.0 cm³/mol. The van der Waals surface area contributed by atoms with Crippen LogP contribution in [-0.4, -0.2) is 16.7 Å². The number of aromatic amines is 1. The van der Waals surface area contributed by atoms with Gasteiger partial charge in [0.25, 0.3) is 0 Å². The molecule has 0 atom stereocenters. The third kappa shape index (κ3) is 3.29. The minimum absolute atomic E-state index is 0.0262. The fourth-order valence-electron chi connectivity index (χ4n) is 2.35. The summed E-state index contributed by atoms with van der Waals surface area (Å²) in [6, 6.07) is 10.8. The highest BCUT2D eigenvalue weighted by Gasteiger charge is 2.10. The number of rotatable bonds is 4. The standard InChI is InChI=1S/C18H16N2O3/c1-12(21)14-3-4-17-15(9-14)10-16(19-17)11-23-18(22)13-5-7-20(2)8-6-13/h3-10H,11H2,1-2H3/p+1. The maximum absolute atomic E-state index is 12.0. The molecule has 5 heteroatoms. The Labute approximate surface area is 133 Å². The second-order valence-corrected chi connectivity index (χ2v) is 5.48. The van der Waals surface area contributed by atoms with Crippen LogP contribution in [0.15, 0.2) is 48.8 Å². The first-order valence-corrected chi connectivity index (χ1v) is 7.28. The Morgan fingerprint density at radius 2 is 1.83 bits per heavy atom. The number of ether oxygens (including phenoxy) is 1. The summed E-state index contributed by atoms with van der Waals surface area (Å²) in [5, 5.41) is 0.926. The Balaban J connectivity index is 1.72. The Kier molecular flexibility index (Phi) is 3.93. The fourth-order valence-corrected chi connectivity index (χ4v) is 2.35. The summed E-state index contributed by atoms with van der Waals surface area (Å²) < 4.78 is 7.16. The molecule has 0 radical (unpaired) electrons. The van der Waals surface area contributed by atoms with Crippen LogP contribution in [0.4, 0.5) is 0 Å². The van der Waals surface area contributed by atoms with Crippen LogP contribution >= 0.6 is 0 Å². The Morgan fingerprint density at radius 1 is 1.09 bits per heavy atom. The maximum Gasteiger partial charge on any atom is 0.338 e. The van der Waals surface area contributed by atoms with Crippen molar-refractivity contribution in [3.8, 4) is 0 Å². The molecule has 0 aliphatic heterocycles. The zero-order valence-corrected chi connectivity index (χ0v) is 13.0. The lowest BCUT2D eigenvalue weighted by Crippen LogP contribution is -2.26. The van der Waals surface area contributed by atoms with E-state index in [1.807, 2.05) is 29.8 Å². The van der Waals surface area contributed by atoms with E-state index in [-0.39, 0.29) is 18.4 Å². The van der Waals surface area contributed by atoms with Crippen molar-refractivity contribution in [1.82, 2.24) is 4.98 Å². The van der Waals surface area contributed by atoms with Crippen LogP contribution in [0.25, 0.3) is 10.9 Å². The van der Waals surface area contributed by atoms with E-state index in [1.165, 1.54) is 6.92 Å². The van der Waals surface area contributed by atoms with Crippen LogP contribution in [-0.2, 0) is 18.4 Å². The number of nitrogens with zero attached hydrogens (tertiary/aromatic N) is 1. The van der Waals surface area contributed by atoms with Crippen molar-refractivity contribution >= 4 is 22.7 Å². The van der Waals surface area contributed by atoms with Crippen LogP contribution in [0, 0.1) is 0 Å². The molecule has 3 aromatic rings. The number of aryl methyl sites for hydroxylation is 1. The Morgan fingerprint density at radius 3 is 2.52 bits per heavy atom. The molecule has 0 spiro atoms. The van der Waals surface area contributed by atoms with Crippen molar-refractivity contribution < 1.29 is 18.9 Å². The van der Waals surface area contributed by atoms with Gasteiger partial charge >= 0.3 is 5.97 Å². The minimum atomic E-state index is -0.367. The smallest absolute Gasteiger partial charge is 0.338 e. The zero-order valence-electron chi connectivity index (χ0n) is 13.0. The molecule has 3 rings (SSSR count). The molecule has 116 valence electrons. The Bertz CT molecular complexity index is 879. The van der Waals surface area contributed by atoms with E-state index in [4.69, 9.17) is 4.74 Å². The molecule has 0 bridgehead atoms. The maximum atomic E-state index is 12.0. The number of Topliss-reactive ketones (excluding diaryl/α,β-unsaturated/α-hetero) is 1. The number of benzene rings is 1. The highest BCUT2D eigenvalue weighted by molar-refractivity contribution is 5.98. The number of pyridine rings is 1. The van der Waals surface area contributed by atoms with Gasteiger partial charge in [0.15, 0.2) is 18.2 Å². The first kappa shape index (κ1) is 15.0. The second kappa shape index (κ2) is 6.04. The quantitative estimate of drug-likeness (QED) is 0.458. The highest BCUT2D eigenvalue weighted by atomic mass is 16.5. The molecule has 5 nitrogen and oxygen atoms in total. The molecule has 0 amide bonds.